The van der Waals surface area contributed by atoms with Gasteiger partial charge in [-0.3, -0.25) is 9.59 Å². The molecule has 7 rings (SSSR count). The van der Waals surface area contributed by atoms with Crippen molar-refractivity contribution < 1.29 is 62.5 Å². The van der Waals surface area contributed by atoms with E-state index in [2.05, 4.69) is 21.9 Å². The second kappa shape index (κ2) is 27.6. The Kier molecular flexibility index (Phi) is 22.0. The number of amides is 1. The zero-order valence-electron chi connectivity index (χ0n) is 51.5. The van der Waals surface area contributed by atoms with Crippen LogP contribution >= 0.6 is 0 Å². The van der Waals surface area contributed by atoms with Gasteiger partial charge in [0.1, 0.15) is 42.6 Å². The van der Waals surface area contributed by atoms with Gasteiger partial charge in [-0.1, -0.05) is 89.8 Å². The number of hydrogen-bond donors (Lipinski definition) is 5. The molecule has 7 N–H and O–H groups in total. The Hall–Kier alpha value is -4.36. The van der Waals surface area contributed by atoms with E-state index in [1.807, 2.05) is 111 Å². The highest BCUT2D eigenvalue weighted by atomic mass is 19.1. The van der Waals surface area contributed by atoms with Crippen LogP contribution in [0, 0.1) is 35.0 Å². The largest absolute Gasteiger partial charge is 0.387 e. The number of carbonyl (C=O) groups excluding carboxylic acids is 2. The van der Waals surface area contributed by atoms with Crippen molar-refractivity contribution in [1.29, 1.82) is 0 Å². The first-order valence-electron chi connectivity index (χ1n) is 29.7. The first-order valence-corrected chi connectivity index (χ1v) is 29.7. The SMILES string of the molecule is C=C1C=CC(c2ccc([C@@H](OC)[C@@H](CF)n3cc(CCN(C)[C@H]4C[C@@H](C)O[C@@H](O[C@@H]5[C@@H](C)C([C@H]6C[C@@](C)(OC)[C@@H](O)[C@H](C)O6)[C@@H](C)C(O)O[C@H](CC)[C@@]6(C)CC(=O)N(CCN)C6[C@@H](C)C(=O)[C@H](C)C[C@@]5(C)OC)[C@@H]4O)nn3)cc2)=CN=C1N. The molecule has 21 atom stereocenters. The van der Waals surface area contributed by atoms with Crippen molar-refractivity contribution in [2.75, 3.05) is 54.7 Å². The number of nitrogens with two attached hydrogens (primary N) is 2. The Morgan fingerprint density at radius 1 is 0.952 bits per heavy atom. The minimum atomic E-state index is -1.41. The molecule has 4 saturated heterocycles. The number of aromatic nitrogens is 3. The van der Waals surface area contributed by atoms with Gasteiger partial charge in [0.25, 0.3) is 0 Å². The second-order valence-corrected chi connectivity index (χ2v) is 25.1. The van der Waals surface area contributed by atoms with E-state index in [-0.39, 0.29) is 50.1 Å². The van der Waals surface area contributed by atoms with Gasteiger partial charge in [-0.15, -0.1) is 5.10 Å². The third-order valence-corrected chi connectivity index (χ3v) is 19.5. The molecule has 83 heavy (non-hydrogen) atoms. The van der Waals surface area contributed by atoms with Crippen LogP contribution < -0.4 is 11.5 Å². The molecule has 6 heterocycles. The highest BCUT2D eigenvalue weighted by Gasteiger charge is 2.59. The minimum absolute atomic E-state index is 0.0796. The van der Waals surface area contributed by atoms with E-state index >= 15 is 9.18 Å². The smallest absolute Gasteiger partial charge is 0.223 e. The summed E-state index contributed by atoms with van der Waals surface area (Å²) in [7, 11) is 6.60. The Balaban J connectivity index is 1.17. The van der Waals surface area contributed by atoms with Crippen LogP contribution in [-0.2, 0) is 49.2 Å². The van der Waals surface area contributed by atoms with Gasteiger partial charge in [0.2, 0.25) is 5.91 Å². The summed E-state index contributed by atoms with van der Waals surface area (Å²) in [4.78, 5) is 37.2. The van der Waals surface area contributed by atoms with Crippen LogP contribution in [-0.4, -0.2) is 191 Å². The molecule has 21 heteroatoms. The van der Waals surface area contributed by atoms with Gasteiger partial charge < -0.3 is 69.7 Å². The molecular weight excluding hydrogens is 1070 g/mol. The average Bonchev–Trinajstić information content (AvgIpc) is 4.23. The fraction of sp³-hybridized carbons (Fsp3) is 0.726. The van der Waals surface area contributed by atoms with Gasteiger partial charge in [0.05, 0.1) is 47.4 Å². The molecule has 464 valence electrons. The third-order valence-electron chi connectivity index (χ3n) is 19.5. The molecular formula is C62H97FN8O12. The zero-order chi connectivity index (χ0) is 61.0. The number of methoxy groups -OCH3 is 3. The number of nitrogens with zero attached hydrogens (tertiary/aromatic N) is 6. The lowest BCUT2D eigenvalue weighted by Crippen LogP contribution is -2.62. The molecule has 5 aliphatic rings. The molecule has 0 aliphatic carbocycles. The summed E-state index contributed by atoms with van der Waals surface area (Å²) in [5.74, 6) is -3.01. The lowest BCUT2D eigenvalue weighted by molar-refractivity contribution is -0.308. The van der Waals surface area contributed by atoms with Crippen molar-refractivity contribution in [2.24, 2.45) is 51.5 Å². The van der Waals surface area contributed by atoms with Gasteiger partial charge in [-0.2, -0.15) is 0 Å². The first-order chi connectivity index (χ1) is 39.2. The summed E-state index contributed by atoms with van der Waals surface area (Å²) < 4.78 is 62.6. The Morgan fingerprint density at radius 3 is 2.27 bits per heavy atom. The number of aliphatic hydroxyl groups excluding tert-OH is 3. The van der Waals surface area contributed by atoms with Crippen molar-refractivity contribution >= 4 is 23.1 Å². The zero-order valence-corrected chi connectivity index (χ0v) is 51.5. The van der Waals surface area contributed by atoms with E-state index in [1.54, 1.807) is 38.4 Å². The molecule has 4 fully saturated rings. The Morgan fingerprint density at radius 2 is 1.64 bits per heavy atom. The van der Waals surface area contributed by atoms with Gasteiger partial charge in [-0.05, 0) is 77.0 Å². The molecule has 20 nitrogen and oxygen atoms in total. The van der Waals surface area contributed by atoms with Crippen LogP contribution in [0.15, 0.2) is 66.0 Å². The van der Waals surface area contributed by atoms with E-state index < -0.39 is 126 Å². The number of likely N-dealkylation sites (N-methyl/N-ethyl adjacent to an activating group) is 1. The van der Waals surface area contributed by atoms with E-state index in [0.29, 0.717) is 42.9 Å². The third kappa shape index (κ3) is 13.8. The van der Waals surface area contributed by atoms with Crippen LogP contribution in [0.2, 0.25) is 0 Å². The molecule has 0 saturated carbocycles. The molecule has 2 aromatic rings. The molecule has 0 bridgehead atoms. The molecule has 1 aromatic heterocycles. The number of aliphatic imine (C=N–C) groups is 1. The van der Waals surface area contributed by atoms with Gasteiger partial charge in [0.15, 0.2) is 12.6 Å². The summed E-state index contributed by atoms with van der Waals surface area (Å²) in [6, 6.07) is 5.74. The number of benzene rings is 1. The predicted molar refractivity (Wildman–Crippen MR) is 313 cm³/mol. The number of allylic oxidation sites excluding steroid dienone is 2. The van der Waals surface area contributed by atoms with Gasteiger partial charge in [0, 0.05) is 119 Å². The van der Waals surface area contributed by atoms with Crippen LogP contribution in [0.4, 0.5) is 4.39 Å². The standard InChI is InChI=1S/C62H97FN8O12/c1-16-48-60(9)30-49(72)70(26-24-64)54(60)39(7)51(73)35(3)28-62(11,79-15)56(37(5)50(38(6)58(76)82-48)47-29-61(10,78-14)55(75)40(8)81-47)83-59-52(74)45(27-36(4)80-59)69(12)25-23-44-33-71(68-67-44)46(31-63)53(77-13)42-21-19-41(20-22-42)43-18-17-34(2)57(65)66-32-43/h17-22,32-33,35-40,45-48,50,52-56,58-59,74-76H,2,16,23-31,64H2,1,3-15H3,(H2,65,66)/t35-,36-,37+,38-,39+,40+,45+,46-,47-,48-,50?,52-,53-,54?,55+,56-,58?,59+,60-,61-,62-/m1/s1. The summed E-state index contributed by atoms with van der Waals surface area (Å²) in [6.45, 7) is 23.1. The monoisotopic (exact) mass is 1160 g/mol. The van der Waals surface area contributed by atoms with Crippen LogP contribution in [0.3, 0.4) is 0 Å². The van der Waals surface area contributed by atoms with E-state index in [1.165, 1.54) is 11.8 Å². The number of halogens is 1. The summed E-state index contributed by atoms with van der Waals surface area (Å²) >= 11 is 0. The maximum absolute atomic E-state index is 15.1. The van der Waals surface area contributed by atoms with Crippen molar-refractivity contribution in [3.8, 4) is 0 Å². The van der Waals surface area contributed by atoms with Crippen molar-refractivity contribution in [3.63, 3.8) is 0 Å². The minimum Gasteiger partial charge on any atom is -0.387 e. The molecule has 3 unspecified atom stereocenters. The first kappa shape index (κ1) is 66.2. The predicted octanol–water partition coefficient (Wildman–Crippen LogP) is 5.89. The van der Waals surface area contributed by atoms with Crippen LogP contribution in [0.5, 0.6) is 0 Å². The van der Waals surface area contributed by atoms with Crippen LogP contribution in [0.1, 0.15) is 130 Å². The van der Waals surface area contributed by atoms with Gasteiger partial charge >= 0.3 is 0 Å². The highest BCUT2D eigenvalue weighted by Crippen LogP contribution is 2.50. The number of alkyl halides is 1. The molecule has 0 spiro atoms. The molecule has 1 amide bonds. The molecule has 1 aromatic carbocycles. The van der Waals surface area contributed by atoms with E-state index in [0.717, 1.165) is 16.7 Å². The fourth-order valence-electron chi connectivity index (χ4n) is 14.6. The number of fused-ring (bicyclic) bond motifs is 1. The maximum Gasteiger partial charge on any atom is 0.223 e. The molecule has 5 aliphatic heterocycles. The normalized spacial score (nSPS) is 38.6. The number of rotatable bonds is 18. The van der Waals surface area contributed by atoms with E-state index in [4.69, 9.17) is 44.6 Å². The summed E-state index contributed by atoms with van der Waals surface area (Å²) in [5.41, 5.74) is 12.6. The maximum atomic E-state index is 15.1. The average molecular weight is 1170 g/mol. The van der Waals surface area contributed by atoms with E-state index in [9.17, 15) is 20.1 Å². The number of ketones is 1. The number of aliphatic hydroxyl groups is 3. The summed E-state index contributed by atoms with van der Waals surface area (Å²) in [5, 5.41) is 45.5. The molecule has 0 radical (unpaired) electrons. The number of hydrogen-bond acceptors (Lipinski definition) is 18. The summed E-state index contributed by atoms with van der Waals surface area (Å²) in [6.07, 6.45) is 0.163. The number of ether oxygens (including phenoxy) is 7. The number of carbonyl (C=O) groups is 2. The van der Waals surface area contributed by atoms with Crippen molar-refractivity contribution in [1.82, 2.24) is 24.8 Å². The lowest BCUT2D eigenvalue weighted by atomic mass is 9.66. The lowest BCUT2D eigenvalue weighted by Gasteiger charge is -2.53. The second-order valence-electron chi connectivity index (χ2n) is 25.1. The van der Waals surface area contributed by atoms with Crippen molar-refractivity contribution in [2.45, 2.75) is 199 Å². The highest BCUT2D eigenvalue weighted by molar-refractivity contribution is 6.01. The van der Waals surface area contributed by atoms with Crippen molar-refractivity contribution in [3.05, 3.63) is 77.8 Å². The number of amidine groups is 1. The fourth-order valence-corrected chi connectivity index (χ4v) is 14.6. The van der Waals surface area contributed by atoms with Gasteiger partial charge in [-0.25, -0.2) is 14.1 Å². The topological polar surface area (TPSA) is 261 Å². The Labute approximate surface area is 491 Å². The van der Waals surface area contributed by atoms with Crippen LogP contribution in [0.25, 0.3) is 5.57 Å². The number of Topliss-reactive ketones (excluding diaryl/α,β-unsaturated/α-hetero) is 1. The number of likely N-dealkylation sites (tertiary alicyclic amines) is 1. The Bertz CT molecular complexity index is 2620. The quantitative estimate of drug-likeness (QED) is 0.117.